The minimum atomic E-state index is -0.277. The Kier molecular flexibility index (Phi) is 6.05. The van der Waals surface area contributed by atoms with E-state index in [0.717, 1.165) is 48.3 Å². The number of amides is 1. The van der Waals surface area contributed by atoms with Crippen molar-refractivity contribution in [3.05, 3.63) is 89.6 Å². The third-order valence-corrected chi connectivity index (χ3v) is 6.53. The molecule has 1 aliphatic rings. The van der Waals surface area contributed by atoms with Crippen LogP contribution in [-0.2, 0) is 0 Å². The largest absolute Gasteiger partial charge is 0.459 e. The minimum absolute atomic E-state index is 0.0780. The second-order valence-corrected chi connectivity index (χ2v) is 9.09. The van der Waals surface area contributed by atoms with Crippen molar-refractivity contribution in [2.45, 2.75) is 45.1 Å². The molecule has 1 fully saturated rings. The Morgan fingerprint density at radius 3 is 2.33 bits per heavy atom. The van der Waals surface area contributed by atoms with Crippen LogP contribution in [0.4, 0.5) is 5.69 Å². The van der Waals surface area contributed by atoms with E-state index < -0.39 is 0 Å². The molecule has 1 aliphatic heterocycles. The summed E-state index contributed by atoms with van der Waals surface area (Å²) in [5.41, 5.74) is 3.97. The van der Waals surface area contributed by atoms with Gasteiger partial charge in [-0.1, -0.05) is 56.7 Å². The van der Waals surface area contributed by atoms with E-state index in [1.807, 2.05) is 24.3 Å². The number of carbonyl (C=O) groups is 1. The zero-order chi connectivity index (χ0) is 22.8. The summed E-state index contributed by atoms with van der Waals surface area (Å²) in [6, 6.07) is 20.0. The lowest BCUT2D eigenvalue weighted by Crippen LogP contribution is -2.34. The Labute approximate surface area is 194 Å². The number of carbonyl (C=O) groups excluding carboxylic acids is 1. The van der Waals surface area contributed by atoms with E-state index in [0.29, 0.717) is 5.92 Å². The molecule has 1 amide bonds. The Hall–Kier alpha value is -3.31. The number of furan rings is 2. The first-order valence-corrected chi connectivity index (χ1v) is 11.8. The first-order valence-electron chi connectivity index (χ1n) is 11.8. The summed E-state index contributed by atoms with van der Waals surface area (Å²) >= 11 is 0. The zero-order valence-electron chi connectivity index (χ0n) is 19.2. The highest BCUT2D eigenvalue weighted by atomic mass is 16.3. The summed E-state index contributed by atoms with van der Waals surface area (Å²) in [6.07, 6.45) is 5.08. The molecule has 1 N–H and O–H groups in total. The third kappa shape index (κ3) is 4.33. The van der Waals surface area contributed by atoms with Gasteiger partial charge in [-0.05, 0) is 67.2 Å². The van der Waals surface area contributed by atoms with Crippen LogP contribution in [0.5, 0.6) is 0 Å². The van der Waals surface area contributed by atoms with Crippen LogP contribution in [0.2, 0.25) is 0 Å². The van der Waals surface area contributed by atoms with Crippen LogP contribution in [0.25, 0.3) is 11.0 Å². The Balaban J connectivity index is 1.62. The quantitative estimate of drug-likeness (QED) is 0.350. The number of rotatable bonds is 6. The molecule has 0 bridgehead atoms. The molecule has 0 aliphatic carbocycles. The van der Waals surface area contributed by atoms with Crippen molar-refractivity contribution in [3.63, 3.8) is 0 Å². The lowest BCUT2D eigenvalue weighted by molar-refractivity contribution is 0.0996. The number of benzene rings is 2. The van der Waals surface area contributed by atoms with E-state index in [4.69, 9.17) is 8.83 Å². The van der Waals surface area contributed by atoms with Gasteiger partial charge in [-0.2, -0.15) is 0 Å². The molecular formula is C28H30N2O3. The number of fused-ring (bicyclic) bond motifs is 1. The standard InChI is InChI=1S/C28H30N2O3/c1-19(2)20-12-14-21(15-13-20)26(30-16-6-3-7-17-30)27-25(22-9-4-5-10-23(22)33-27)29-28(31)24-11-8-18-32-24/h4-5,8-15,18-19,26H,3,6-7,16-17H2,1-2H3,(H,29,31)/t26-/m1/s1. The Morgan fingerprint density at radius 2 is 1.64 bits per heavy atom. The van der Waals surface area contributed by atoms with Crippen LogP contribution in [-0.4, -0.2) is 23.9 Å². The van der Waals surface area contributed by atoms with E-state index in [2.05, 4.69) is 48.3 Å². The predicted octanol–water partition coefficient (Wildman–Crippen LogP) is 6.98. The fourth-order valence-electron chi connectivity index (χ4n) is 4.74. The fourth-order valence-corrected chi connectivity index (χ4v) is 4.74. The molecule has 2 aromatic carbocycles. The number of nitrogens with one attached hydrogen (secondary N) is 1. The molecule has 0 spiro atoms. The molecule has 0 unspecified atom stereocenters. The first kappa shape index (κ1) is 21.5. The van der Waals surface area contributed by atoms with E-state index in [9.17, 15) is 4.79 Å². The summed E-state index contributed by atoms with van der Waals surface area (Å²) in [5, 5.41) is 4.00. The van der Waals surface area contributed by atoms with Crippen LogP contribution < -0.4 is 5.32 Å². The normalized spacial score (nSPS) is 15.7. The smallest absolute Gasteiger partial charge is 0.291 e. The van der Waals surface area contributed by atoms with Crippen molar-refractivity contribution < 1.29 is 13.6 Å². The summed E-state index contributed by atoms with van der Waals surface area (Å²) in [5.74, 6) is 1.25. The van der Waals surface area contributed by atoms with Gasteiger partial charge in [0.25, 0.3) is 5.91 Å². The predicted molar refractivity (Wildman–Crippen MR) is 131 cm³/mol. The molecular weight excluding hydrogens is 412 g/mol. The molecule has 33 heavy (non-hydrogen) atoms. The number of para-hydroxylation sites is 1. The molecule has 0 radical (unpaired) electrons. The molecule has 3 heterocycles. The second kappa shape index (κ2) is 9.28. The van der Waals surface area contributed by atoms with Crippen molar-refractivity contribution in [2.24, 2.45) is 0 Å². The Morgan fingerprint density at radius 1 is 0.909 bits per heavy atom. The number of hydrogen-bond acceptors (Lipinski definition) is 4. The molecule has 5 heteroatoms. The minimum Gasteiger partial charge on any atom is -0.459 e. The van der Waals surface area contributed by atoms with Crippen LogP contribution in [0.15, 0.2) is 75.8 Å². The van der Waals surface area contributed by atoms with Crippen molar-refractivity contribution in [1.82, 2.24) is 4.90 Å². The van der Waals surface area contributed by atoms with Gasteiger partial charge in [0, 0.05) is 5.39 Å². The van der Waals surface area contributed by atoms with Crippen LogP contribution in [0.1, 0.15) is 72.5 Å². The fraction of sp³-hybridized carbons (Fsp3) is 0.321. The SMILES string of the molecule is CC(C)c1ccc([C@H](c2oc3ccccc3c2NC(=O)c2ccco2)N2CCCCC2)cc1. The van der Waals surface area contributed by atoms with Gasteiger partial charge in [-0.3, -0.25) is 9.69 Å². The highest BCUT2D eigenvalue weighted by Gasteiger charge is 2.31. The van der Waals surface area contributed by atoms with Crippen molar-refractivity contribution >= 4 is 22.6 Å². The number of hydrogen-bond donors (Lipinski definition) is 1. The second-order valence-electron chi connectivity index (χ2n) is 9.09. The van der Waals surface area contributed by atoms with Crippen molar-refractivity contribution in [2.75, 3.05) is 18.4 Å². The average molecular weight is 443 g/mol. The number of piperidine rings is 1. The van der Waals surface area contributed by atoms with Gasteiger partial charge in [-0.15, -0.1) is 0 Å². The van der Waals surface area contributed by atoms with Gasteiger partial charge < -0.3 is 14.2 Å². The van der Waals surface area contributed by atoms with Crippen LogP contribution in [0, 0.1) is 0 Å². The highest BCUT2D eigenvalue weighted by molar-refractivity contribution is 6.08. The summed E-state index contributed by atoms with van der Waals surface area (Å²) in [6.45, 7) is 6.41. The lowest BCUT2D eigenvalue weighted by atomic mass is 9.95. The maximum atomic E-state index is 13.0. The third-order valence-electron chi connectivity index (χ3n) is 6.53. The zero-order valence-corrected chi connectivity index (χ0v) is 19.2. The number of anilines is 1. The highest BCUT2D eigenvalue weighted by Crippen LogP contribution is 2.41. The van der Waals surface area contributed by atoms with E-state index in [1.54, 1.807) is 12.1 Å². The van der Waals surface area contributed by atoms with Crippen LogP contribution in [0.3, 0.4) is 0 Å². The van der Waals surface area contributed by atoms with Gasteiger partial charge in [0.05, 0.1) is 18.0 Å². The van der Waals surface area contributed by atoms with Gasteiger partial charge in [0.15, 0.2) is 5.76 Å². The van der Waals surface area contributed by atoms with Crippen LogP contribution >= 0.6 is 0 Å². The average Bonchev–Trinajstić information content (AvgIpc) is 3.50. The number of likely N-dealkylation sites (tertiary alicyclic amines) is 1. The van der Waals surface area contributed by atoms with Gasteiger partial charge in [0.1, 0.15) is 11.3 Å². The Bertz CT molecular complexity index is 1220. The summed E-state index contributed by atoms with van der Waals surface area (Å²) in [7, 11) is 0. The summed E-state index contributed by atoms with van der Waals surface area (Å²) in [4.78, 5) is 15.4. The number of nitrogens with zero attached hydrogens (tertiary/aromatic N) is 1. The maximum Gasteiger partial charge on any atom is 0.291 e. The van der Waals surface area contributed by atoms with E-state index in [1.165, 1.54) is 23.8 Å². The first-order chi connectivity index (χ1) is 16.1. The molecule has 5 rings (SSSR count). The molecule has 170 valence electrons. The van der Waals surface area contributed by atoms with E-state index >= 15 is 0 Å². The monoisotopic (exact) mass is 442 g/mol. The maximum absolute atomic E-state index is 13.0. The molecule has 5 nitrogen and oxygen atoms in total. The van der Waals surface area contributed by atoms with E-state index in [-0.39, 0.29) is 17.7 Å². The van der Waals surface area contributed by atoms with Gasteiger partial charge >= 0.3 is 0 Å². The molecule has 1 saturated heterocycles. The summed E-state index contributed by atoms with van der Waals surface area (Å²) < 4.78 is 11.8. The molecule has 0 saturated carbocycles. The molecule has 4 aromatic rings. The van der Waals surface area contributed by atoms with Crippen molar-refractivity contribution in [3.8, 4) is 0 Å². The van der Waals surface area contributed by atoms with Crippen molar-refractivity contribution in [1.29, 1.82) is 0 Å². The molecule has 2 aromatic heterocycles. The van der Waals surface area contributed by atoms with Gasteiger partial charge in [-0.25, -0.2) is 0 Å². The van der Waals surface area contributed by atoms with Gasteiger partial charge in [0.2, 0.25) is 0 Å². The topological polar surface area (TPSA) is 58.6 Å². The lowest BCUT2D eigenvalue weighted by Gasteiger charge is -2.34. The molecule has 1 atom stereocenters.